The summed E-state index contributed by atoms with van der Waals surface area (Å²) in [5, 5.41) is 3.67. The SMILES string of the molecule is C\C(=C/C=C(/C=C/C=C\CN)CNc1ccc2c(c1)C=CCC2)C1CCC(C2C=CC=C(C(C)CCCN)C2)=C2C=CC=CC21. The lowest BCUT2D eigenvalue weighted by molar-refractivity contribution is 0.423. The molecule has 236 valence electrons. The summed E-state index contributed by atoms with van der Waals surface area (Å²) in [7, 11) is 0. The number of hydrogen-bond acceptors (Lipinski definition) is 3. The monoisotopic (exact) mass is 599 g/mol. The van der Waals surface area contributed by atoms with Crippen LogP contribution in [-0.4, -0.2) is 19.6 Å². The van der Waals surface area contributed by atoms with Gasteiger partial charge in [0.05, 0.1) is 0 Å². The summed E-state index contributed by atoms with van der Waals surface area (Å²) in [6.07, 6.45) is 42.0. The molecule has 5 N–H and O–H groups in total. The van der Waals surface area contributed by atoms with Crippen LogP contribution in [0.2, 0.25) is 0 Å². The Hall–Kier alpha value is -3.66. The van der Waals surface area contributed by atoms with Gasteiger partial charge in [0.1, 0.15) is 0 Å². The number of nitrogens with one attached hydrogen (secondary N) is 1. The Labute approximate surface area is 272 Å². The van der Waals surface area contributed by atoms with Crippen LogP contribution in [0.3, 0.4) is 0 Å². The first kappa shape index (κ1) is 32.7. The maximum Gasteiger partial charge on any atom is 0.0400 e. The van der Waals surface area contributed by atoms with E-state index in [1.165, 1.54) is 35.1 Å². The van der Waals surface area contributed by atoms with Crippen LogP contribution in [0.25, 0.3) is 6.08 Å². The fraction of sp³-hybridized carbons (Fsp3) is 0.381. The molecule has 0 spiro atoms. The second kappa shape index (κ2) is 16.6. The number of aryl methyl sites for hydroxylation is 1. The zero-order valence-electron chi connectivity index (χ0n) is 27.4. The van der Waals surface area contributed by atoms with Gasteiger partial charge in [-0.2, -0.15) is 0 Å². The van der Waals surface area contributed by atoms with E-state index < -0.39 is 0 Å². The number of allylic oxidation sites excluding steroid dienone is 16. The highest BCUT2D eigenvalue weighted by Gasteiger charge is 2.33. The van der Waals surface area contributed by atoms with Crippen molar-refractivity contribution in [2.45, 2.75) is 58.8 Å². The van der Waals surface area contributed by atoms with E-state index >= 15 is 0 Å². The van der Waals surface area contributed by atoms with E-state index in [1.54, 1.807) is 16.7 Å². The first-order chi connectivity index (χ1) is 22.1. The van der Waals surface area contributed by atoms with E-state index in [4.69, 9.17) is 11.5 Å². The van der Waals surface area contributed by atoms with Crippen molar-refractivity contribution in [1.29, 1.82) is 0 Å². The molecule has 0 aliphatic heterocycles. The van der Waals surface area contributed by atoms with Gasteiger partial charge in [-0.15, -0.1) is 0 Å². The van der Waals surface area contributed by atoms with Gasteiger partial charge < -0.3 is 16.8 Å². The molecule has 0 fully saturated rings. The minimum Gasteiger partial charge on any atom is -0.381 e. The van der Waals surface area contributed by atoms with E-state index in [-0.39, 0.29) is 0 Å². The number of nitrogens with two attached hydrogens (primary N) is 2. The van der Waals surface area contributed by atoms with Gasteiger partial charge in [-0.1, -0.05) is 121 Å². The van der Waals surface area contributed by atoms with Crippen molar-refractivity contribution in [3.63, 3.8) is 0 Å². The predicted octanol–water partition coefficient (Wildman–Crippen LogP) is 9.33. The summed E-state index contributed by atoms with van der Waals surface area (Å²) < 4.78 is 0. The van der Waals surface area contributed by atoms with E-state index in [9.17, 15) is 0 Å². The molecule has 0 radical (unpaired) electrons. The van der Waals surface area contributed by atoms with E-state index in [1.807, 2.05) is 12.2 Å². The molecule has 1 aromatic carbocycles. The normalized spacial score (nSPS) is 23.9. The van der Waals surface area contributed by atoms with Crippen molar-refractivity contribution in [3.05, 3.63) is 142 Å². The Morgan fingerprint density at radius 3 is 2.82 bits per heavy atom. The lowest BCUT2D eigenvalue weighted by atomic mass is 9.67. The molecular weight excluding hydrogens is 546 g/mol. The largest absolute Gasteiger partial charge is 0.381 e. The van der Waals surface area contributed by atoms with Crippen LogP contribution in [0.5, 0.6) is 0 Å². The third-order valence-corrected chi connectivity index (χ3v) is 9.98. The molecule has 3 heteroatoms. The lowest BCUT2D eigenvalue weighted by Crippen LogP contribution is -2.26. The summed E-state index contributed by atoms with van der Waals surface area (Å²) >= 11 is 0. The third-order valence-electron chi connectivity index (χ3n) is 9.98. The van der Waals surface area contributed by atoms with Gasteiger partial charge in [-0.3, -0.25) is 0 Å². The molecule has 5 rings (SSSR count). The van der Waals surface area contributed by atoms with Gasteiger partial charge in [0.2, 0.25) is 0 Å². The van der Waals surface area contributed by atoms with Gasteiger partial charge in [-0.25, -0.2) is 0 Å². The quantitative estimate of drug-likeness (QED) is 0.198. The van der Waals surface area contributed by atoms with E-state index in [0.29, 0.717) is 30.2 Å². The summed E-state index contributed by atoms with van der Waals surface area (Å²) in [6, 6.07) is 6.76. The van der Waals surface area contributed by atoms with Gasteiger partial charge in [0.25, 0.3) is 0 Å². The van der Waals surface area contributed by atoms with Crippen molar-refractivity contribution in [1.82, 2.24) is 0 Å². The minimum atomic E-state index is 0.439. The zero-order valence-corrected chi connectivity index (χ0v) is 27.4. The average molecular weight is 600 g/mol. The van der Waals surface area contributed by atoms with Crippen molar-refractivity contribution in [2.24, 2.45) is 35.1 Å². The third kappa shape index (κ3) is 8.75. The van der Waals surface area contributed by atoms with Crippen LogP contribution in [0.15, 0.2) is 131 Å². The number of anilines is 1. The molecule has 45 heavy (non-hydrogen) atoms. The molecule has 4 aliphatic rings. The standard InChI is InChI=1S/C42H53N3/c1-31(12-11-27-44)35-16-10-17-37(28-35)40-25-24-39(41-18-7-8-19-42(40)41)32(2)20-21-33(13-4-3-9-26-43)30-45-38-23-22-34-14-5-6-15-36(34)29-38/h3-4,6-10,13,15-23,29,31,37,39,41,45H,5,11-12,14,24-28,30,43-44H2,1-2H3/b9-3-,13-4+,32-20+,33-21-. The molecule has 0 aromatic heterocycles. The lowest BCUT2D eigenvalue weighted by Gasteiger charge is -2.38. The molecule has 0 heterocycles. The smallest absolute Gasteiger partial charge is 0.0400 e. The van der Waals surface area contributed by atoms with Gasteiger partial charge >= 0.3 is 0 Å². The molecule has 1 aromatic rings. The predicted molar refractivity (Wildman–Crippen MR) is 196 cm³/mol. The van der Waals surface area contributed by atoms with Gasteiger partial charge in [0.15, 0.2) is 0 Å². The summed E-state index contributed by atoms with van der Waals surface area (Å²) in [5.74, 6) is 2.06. The maximum absolute atomic E-state index is 5.81. The second-order valence-electron chi connectivity index (χ2n) is 13.0. The Bertz CT molecular complexity index is 1490. The molecular formula is C42H53N3. The fourth-order valence-corrected chi connectivity index (χ4v) is 7.31. The minimum absolute atomic E-state index is 0.439. The van der Waals surface area contributed by atoms with Crippen molar-refractivity contribution >= 4 is 11.8 Å². The highest BCUT2D eigenvalue weighted by atomic mass is 14.9. The number of rotatable bonds is 13. The van der Waals surface area contributed by atoms with Crippen LogP contribution < -0.4 is 16.8 Å². The topological polar surface area (TPSA) is 64.1 Å². The molecule has 4 aliphatic carbocycles. The van der Waals surface area contributed by atoms with Gasteiger partial charge in [0, 0.05) is 30.6 Å². The average Bonchev–Trinajstić information content (AvgIpc) is 3.09. The van der Waals surface area contributed by atoms with E-state index in [0.717, 1.165) is 50.9 Å². The molecule has 0 saturated carbocycles. The molecule has 0 amide bonds. The van der Waals surface area contributed by atoms with Crippen LogP contribution in [-0.2, 0) is 6.42 Å². The zero-order chi connectivity index (χ0) is 31.4. The molecule has 4 atom stereocenters. The number of hydrogen-bond donors (Lipinski definition) is 3. The highest BCUT2D eigenvalue weighted by molar-refractivity contribution is 5.63. The fourth-order valence-electron chi connectivity index (χ4n) is 7.31. The molecule has 0 bridgehead atoms. The summed E-state index contributed by atoms with van der Waals surface area (Å²) in [6.45, 7) is 6.79. The Kier molecular flexibility index (Phi) is 12.1. The van der Waals surface area contributed by atoms with Crippen LogP contribution in [0.4, 0.5) is 5.69 Å². The van der Waals surface area contributed by atoms with Crippen molar-refractivity contribution in [2.75, 3.05) is 25.0 Å². The number of fused-ring (bicyclic) bond motifs is 2. The molecule has 4 unspecified atom stereocenters. The van der Waals surface area contributed by atoms with Crippen molar-refractivity contribution < 1.29 is 0 Å². The van der Waals surface area contributed by atoms with Crippen molar-refractivity contribution in [3.8, 4) is 0 Å². The summed E-state index contributed by atoms with van der Waals surface area (Å²) in [4.78, 5) is 0. The Balaban J connectivity index is 1.32. The number of benzene rings is 1. The first-order valence-corrected chi connectivity index (χ1v) is 17.2. The van der Waals surface area contributed by atoms with Gasteiger partial charge in [-0.05, 0) is 105 Å². The summed E-state index contributed by atoms with van der Waals surface area (Å²) in [5.41, 5.74) is 22.9. The Morgan fingerprint density at radius 1 is 1.04 bits per heavy atom. The highest BCUT2D eigenvalue weighted by Crippen LogP contribution is 2.46. The van der Waals surface area contributed by atoms with E-state index in [2.05, 4.69) is 116 Å². The van der Waals surface area contributed by atoms with Crippen LogP contribution >= 0.6 is 0 Å². The molecule has 0 saturated heterocycles. The maximum atomic E-state index is 5.81. The Morgan fingerprint density at radius 2 is 1.96 bits per heavy atom. The van der Waals surface area contributed by atoms with Crippen LogP contribution in [0.1, 0.15) is 63.5 Å². The molecule has 3 nitrogen and oxygen atoms in total. The van der Waals surface area contributed by atoms with Crippen LogP contribution in [0, 0.1) is 23.7 Å². The second-order valence-corrected chi connectivity index (χ2v) is 13.0. The first-order valence-electron chi connectivity index (χ1n) is 17.2.